The number of anilines is 2. The smallest absolute Gasteiger partial charge is 0.109 e. The number of azo groups is 2. The predicted molar refractivity (Wildman–Crippen MR) is 176 cm³/mol. The molecule has 0 heterocycles. The van der Waals surface area contributed by atoms with Crippen molar-refractivity contribution < 1.29 is 0 Å². The van der Waals surface area contributed by atoms with E-state index in [9.17, 15) is 0 Å². The summed E-state index contributed by atoms with van der Waals surface area (Å²) >= 11 is 0. The summed E-state index contributed by atoms with van der Waals surface area (Å²) in [6.07, 6.45) is 0. The van der Waals surface area contributed by atoms with E-state index in [0.717, 1.165) is 66.3 Å². The third kappa shape index (κ3) is 4.99. The zero-order valence-corrected chi connectivity index (χ0v) is 24.2. The average Bonchev–Trinajstić information content (AvgIpc) is 3.00. The van der Waals surface area contributed by atoms with Gasteiger partial charge in [0.05, 0.1) is 22.7 Å². The van der Waals surface area contributed by atoms with Crippen molar-refractivity contribution in [1.29, 1.82) is 0 Å². The van der Waals surface area contributed by atoms with Gasteiger partial charge in [0.15, 0.2) is 0 Å². The van der Waals surface area contributed by atoms with E-state index in [1.165, 1.54) is 0 Å². The van der Waals surface area contributed by atoms with Gasteiger partial charge in [0.2, 0.25) is 0 Å². The highest BCUT2D eigenvalue weighted by atomic mass is 15.1. The first-order chi connectivity index (χ1) is 20.3. The van der Waals surface area contributed by atoms with E-state index in [0.29, 0.717) is 22.7 Å². The minimum atomic E-state index is 0.639. The van der Waals surface area contributed by atoms with Gasteiger partial charge in [0.25, 0.3) is 0 Å². The number of hydrogen-bond acceptors (Lipinski definition) is 6. The first-order valence-electron chi connectivity index (χ1n) is 13.9. The second-order valence-corrected chi connectivity index (χ2v) is 10.7. The molecule has 6 rings (SSSR count). The summed E-state index contributed by atoms with van der Waals surface area (Å²) in [5.74, 6) is 0. The molecule has 6 aromatic carbocycles. The van der Waals surface area contributed by atoms with Crippen LogP contribution < -0.4 is 11.5 Å². The number of benzene rings is 6. The molecule has 0 bridgehead atoms. The molecule has 0 aliphatic carbocycles. The normalized spacial score (nSPS) is 11.8. The predicted octanol–water partition coefficient (Wildman–Crippen LogP) is 10.9. The molecule has 0 unspecified atom stereocenters. The van der Waals surface area contributed by atoms with Crippen molar-refractivity contribution in [3.05, 3.63) is 119 Å². The Bertz CT molecular complexity index is 1910. The molecule has 42 heavy (non-hydrogen) atoms. The largest absolute Gasteiger partial charge is 0.396 e. The summed E-state index contributed by atoms with van der Waals surface area (Å²) in [5, 5.41) is 22.4. The standard InChI is InChI=1S/C36H32N6/c1-21-19-33(35(37)29-11-7-5-9-27(21)29)41-39-31-15-13-25(17-23(31)3)26-14-16-32(24(4)18-26)40-42-34-20-22(2)28-10-6-8-12-30(28)36(34)38/h5-20H,37-38H2,1-4H3. The number of nitrogens with zero attached hydrogens (tertiary/aromatic N) is 4. The molecule has 0 saturated carbocycles. The van der Waals surface area contributed by atoms with Gasteiger partial charge in [-0.1, -0.05) is 60.7 Å². The summed E-state index contributed by atoms with van der Waals surface area (Å²) < 4.78 is 0. The number of nitrogens with two attached hydrogens (primary N) is 2. The Balaban J connectivity index is 1.24. The molecule has 206 valence electrons. The SMILES string of the molecule is Cc1cc(-c2ccc(N=Nc3cc(C)c4ccccc4c3N)c(C)c2)ccc1N=Nc1cc(C)c2ccccc2c1N. The summed E-state index contributed by atoms with van der Waals surface area (Å²) in [5.41, 5.74) is 23.6. The van der Waals surface area contributed by atoms with Crippen LogP contribution >= 0.6 is 0 Å². The van der Waals surface area contributed by atoms with Crippen molar-refractivity contribution in [2.45, 2.75) is 27.7 Å². The molecule has 4 N–H and O–H groups in total. The first-order valence-corrected chi connectivity index (χ1v) is 13.9. The van der Waals surface area contributed by atoms with Crippen LogP contribution in [0.2, 0.25) is 0 Å². The molecule has 0 aliphatic heterocycles. The topological polar surface area (TPSA) is 101 Å². The van der Waals surface area contributed by atoms with Crippen LogP contribution in [0, 0.1) is 27.7 Å². The molecule has 0 spiro atoms. The molecule has 0 aromatic heterocycles. The highest BCUT2D eigenvalue weighted by Gasteiger charge is 2.10. The summed E-state index contributed by atoms with van der Waals surface area (Å²) in [6, 6.07) is 32.5. The lowest BCUT2D eigenvalue weighted by Crippen LogP contribution is -1.90. The van der Waals surface area contributed by atoms with Crippen LogP contribution in [-0.2, 0) is 0 Å². The monoisotopic (exact) mass is 548 g/mol. The van der Waals surface area contributed by atoms with Gasteiger partial charge in [-0.15, -0.1) is 10.2 Å². The zero-order valence-electron chi connectivity index (χ0n) is 24.2. The van der Waals surface area contributed by atoms with Gasteiger partial charge < -0.3 is 11.5 Å². The van der Waals surface area contributed by atoms with Crippen LogP contribution in [0.25, 0.3) is 32.7 Å². The summed E-state index contributed by atoms with van der Waals surface area (Å²) in [6.45, 7) is 8.21. The Kier molecular flexibility index (Phi) is 6.97. The van der Waals surface area contributed by atoms with Crippen molar-refractivity contribution >= 4 is 55.7 Å². The fourth-order valence-corrected chi connectivity index (χ4v) is 5.40. The van der Waals surface area contributed by atoms with Gasteiger partial charge in [0, 0.05) is 10.8 Å². The lowest BCUT2D eigenvalue weighted by molar-refractivity contribution is 1.21. The van der Waals surface area contributed by atoms with Gasteiger partial charge >= 0.3 is 0 Å². The number of rotatable bonds is 5. The highest BCUT2D eigenvalue weighted by Crippen LogP contribution is 2.37. The zero-order chi connectivity index (χ0) is 29.4. The van der Waals surface area contributed by atoms with E-state index in [1.54, 1.807) is 0 Å². The van der Waals surface area contributed by atoms with Gasteiger partial charge in [0.1, 0.15) is 11.4 Å². The van der Waals surface area contributed by atoms with Crippen LogP contribution in [0.5, 0.6) is 0 Å². The van der Waals surface area contributed by atoms with E-state index in [2.05, 4.69) is 70.7 Å². The van der Waals surface area contributed by atoms with E-state index >= 15 is 0 Å². The molecular formula is C36H32N6. The molecule has 0 amide bonds. The van der Waals surface area contributed by atoms with Crippen molar-refractivity contribution in [2.24, 2.45) is 20.5 Å². The van der Waals surface area contributed by atoms with Crippen LogP contribution in [-0.4, -0.2) is 0 Å². The minimum Gasteiger partial charge on any atom is -0.396 e. The number of aryl methyl sites for hydroxylation is 4. The maximum atomic E-state index is 6.43. The molecule has 0 aliphatic rings. The van der Waals surface area contributed by atoms with Crippen molar-refractivity contribution in [3.63, 3.8) is 0 Å². The molecule has 6 heteroatoms. The minimum absolute atomic E-state index is 0.639. The Labute approximate surface area is 245 Å². The fraction of sp³-hybridized carbons (Fsp3) is 0.111. The number of hydrogen-bond donors (Lipinski definition) is 2. The first kappa shape index (κ1) is 26.8. The molecule has 6 nitrogen and oxygen atoms in total. The van der Waals surface area contributed by atoms with Crippen LogP contribution in [0.1, 0.15) is 22.3 Å². The van der Waals surface area contributed by atoms with Crippen LogP contribution in [0.15, 0.2) is 118 Å². The van der Waals surface area contributed by atoms with Gasteiger partial charge in [-0.05, 0) is 108 Å². The molecular weight excluding hydrogens is 516 g/mol. The Hall–Kier alpha value is -5.36. The summed E-state index contributed by atoms with van der Waals surface area (Å²) in [4.78, 5) is 0. The highest BCUT2D eigenvalue weighted by molar-refractivity contribution is 6.01. The van der Waals surface area contributed by atoms with Crippen molar-refractivity contribution in [3.8, 4) is 11.1 Å². The molecule has 0 radical (unpaired) electrons. The lowest BCUT2D eigenvalue weighted by atomic mass is 10.00. The second-order valence-electron chi connectivity index (χ2n) is 10.7. The van der Waals surface area contributed by atoms with Crippen LogP contribution in [0.3, 0.4) is 0 Å². The van der Waals surface area contributed by atoms with E-state index in [-0.39, 0.29) is 0 Å². The number of nitrogen functional groups attached to an aromatic ring is 2. The maximum absolute atomic E-state index is 6.43. The lowest BCUT2D eigenvalue weighted by Gasteiger charge is -2.10. The Morgan fingerprint density at radius 1 is 0.381 bits per heavy atom. The molecule has 6 aromatic rings. The van der Waals surface area contributed by atoms with Crippen molar-refractivity contribution in [2.75, 3.05) is 11.5 Å². The third-order valence-electron chi connectivity index (χ3n) is 7.80. The number of fused-ring (bicyclic) bond motifs is 2. The van der Waals surface area contributed by atoms with Crippen molar-refractivity contribution in [1.82, 2.24) is 0 Å². The van der Waals surface area contributed by atoms with E-state index in [1.807, 2.05) is 74.5 Å². The molecule has 0 saturated heterocycles. The van der Waals surface area contributed by atoms with Gasteiger partial charge in [-0.25, -0.2) is 0 Å². The Morgan fingerprint density at radius 2 is 0.738 bits per heavy atom. The average molecular weight is 549 g/mol. The maximum Gasteiger partial charge on any atom is 0.109 e. The quantitative estimate of drug-likeness (QED) is 0.165. The van der Waals surface area contributed by atoms with E-state index in [4.69, 9.17) is 11.5 Å². The molecule has 0 fully saturated rings. The fourth-order valence-electron chi connectivity index (χ4n) is 5.40. The Morgan fingerprint density at radius 3 is 1.12 bits per heavy atom. The third-order valence-corrected chi connectivity index (χ3v) is 7.80. The van der Waals surface area contributed by atoms with Crippen LogP contribution in [0.4, 0.5) is 34.1 Å². The van der Waals surface area contributed by atoms with Gasteiger partial charge in [-0.2, -0.15) is 10.2 Å². The second kappa shape index (κ2) is 10.9. The summed E-state index contributed by atoms with van der Waals surface area (Å²) in [7, 11) is 0. The van der Waals surface area contributed by atoms with Gasteiger partial charge in [-0.3, -0.25) is 0 Å². The molecule has 0 atom stereocenters. The van der Waals surface area contributed by atoms with E-state index < -0.39 is 0 Å².